The van der Waals surface area contributed by atoms with E-state index < -0.39 is 12.1 Å². The molecule has 0 bridgehead atoms. The minimum absolute atomic E-state index is 0.0293. The predicted octanol–water partition coefficient (Wildman–Crippen LogP) is 2.72. The van der Waals surface area contributed by atoms with Crippen molar-refractivity contribution in [3.05, 3.63) is 0 Å². The first-order valence-electron chi connectivity index (χ1n) is 5.29. The molecule has 0 amide bonds. The maximum atomic E-state index is 12.6. The Morgan fingerprint density at radius 1 is 1.21 bits per heavy atom. The zero-order chi connectivity index (χ0) is 10.2. The number of hydrogen-bond donors (Lipinski definition) is 1. The normalized spacial score (nSPS) is 39.2. The fraction of sp³-hybridized carbons (Fsp3) is 1.00. The van der Waals surface area contributed by atoms with Gasteiger partial charge >= 0.3 is 6.18 Å². The van der Waals surface area contributed by atoms with Gasteiger partial charge in [-0.3, -0.25) is 0 Å². The quantitative estimate of drug-likeness (QED) is 0.644. The summed E-state index contributed by atoms with van der Waals surface area (Å²) < 4.78 is 37.7. The Kier molecular flexibility index (Phi) is 2.50. The summed E-state index contributed by atoms with van der Waals surface area (Å²) in [4.78, 5) is 0. The van der Waals surface area contributed by atoms with E-state index in [-0.39, 0.29) is 5.41 Å². The van der Waals surface area contributed by atoms with Gasteiger partial charge in [-0.1, -0.05) is 6.42 Å². The maximum absolute atomic E-state index is 12.6. The second-order valence-electron chi connectivity index (χ2n) is 4.76. The van der Waals surface area contributed by atoms with Gasteiger partial charge in [0, 0.05) is 6.54 Å². The van der Waals surface area contributed by atoms with Gasteiger partial charge in [0.1, 0.15) is 0 Å². The molecule has 1 saturated carbocycles. The van der Waals surface area contributed by atoms with Gasteiger partial charge in [-0.25, -0.2) is 0 Å². The molecule has 0 aromatic carbocycles. The largest absolute Gasteiger partial charge is 0.391 e. The van der Waals surface area contributed by atoms with Crippen LogP contribution in [0.15, 0.2) is 0 Å². The predicted molar refractivity (Wildman–Crippen MR) is 47.9 cm³/mol. The molecule has 2 unspecified atom stereocenters. The summed E-state index contributed by atoms with van der Waals surface area (Å²) in [7, 11) is 0. The van der Waals surface area contributed by atoms with E-state index in [1.165, 1.54) is 0 Å². The summed E-state index contributed by atoms with van der Waals surface area (Å²) in [5.74, 6) is -1.05. The first-order chi connectivity index (χ1) is 6.52. The summed E-state index contributed by atoms with van der Waals surface area (Å²) in [6.07, 6.45) is -0.636. The van der Waals surface area contributed by atoms with Crippen molar-refractivity contribution in [2.45, 2.75) is 38.3 Å². The lowest BCUT2D eigenvalue weighted by Gasteiger charge is -2.38. The Morgan fingerprint density at radius 2 is 2.00 bits per heavy atom. The molecule has 2 rings (SSSR count). The van der Waals surface area contributed by atoms with E-state index >= 15 is 0 Å². The molecule has 2 aliphatic rings. The molecule has 0 radical (unpaired) electrons. The molecule has 1 aliphatic heterocycles. The second kappa shape index (κ2) is 3.40. The SMILES string of the molecule is FC(F)(F)C1CCCC2(CCNC2)C1. The molecule has 82 valence electrons. The van der Waals surface area contributed by atoms with Crippen LogP contribution >= 0.6 is 0 Å². The van der Waals surface area contributed by atoms with Crippen LogP contribution in [0.3, 0.4) is 0 Å². The Morgan fingerprint density at radius 3 is 2.57 bits per heavy atom. The van der Waals surface area contributed by atoms with Crippen LogP contribution in [-0.4, -0.2) is 19.3 Å². The van der Waals surface area contributed by atoms with Gasteiger partial charge < -0.3 is 5.32 Å². The highest BCUT2D eigenvalue weighted by atomic mass is 19.4. The molecule has 14 heavy (non-hydrogen) atoms. The standard InChI is InChI=1S/C10H16F3N/c11-10(12,13)8-2-1-3-9(6-8)4-5-14-7-9/h8,14H,1-7H2. The molecule has 2 fully saturated rings. The molecule has 2 atom stereocenters. The van der Waals surface area contributed by atoms with E-state index in [0.29, 0.717) is 12.8 Å². The number of alkyl halides is 3. The molecule has 1 saturated heterocycles. The first-order valence-corrected chi connectivity index (χ1v) is 5.29. The Hall–Kier alpha value is -0.250. The van der Waals surface area contributed by atoms with Crippen molar-refractivity contribution in [3.8, 4) is 0 Å². The van der Waals surface area contributed by atoms with E-state index in [4.69, 9.17) is 0 Å². The molecular formula is C10H16F3N. The maximum Gasteiger partial charge on any atom is 0.391 e. The number of nitrogens with one attached hydrogen (secondary N) is 1. The van der Waals surface area contributed by atoms with Crippen molar-refractivity contribution >= 4 is 0 Å². The molecule has 1 nitrogen and oxygen atoms in total. The minimum Gasteiger partial charge on any atom is -0.316 e. The summed E-state index contributed by atoms with van der Waals surface area (Å²) in [5.41, 5.74) is -0.0293. The van der Waals surface area contributed by atoms with Gasteiger partial charge in [0.2, 0.25) is 0 Å². The van der Waals surface area contributed by atoms with Gasteiger partial charge in [0.25, 0.3) is 0 Å². The lowest BCUT2D eigenvalue weighted by molar-refractivity contribution is -0.191. The lowest BCUT2D eigenvalue weighted by Crippen LogP contribution is -2.36. The van der Waals surface area contributed by atoms with Crippen LogP contribution in [0.25, 0.3) is 0 Å². The first kappa shape index (κ1) is 10.3. The fourth-order valence-corrected chi connectivity index (χ4v) is 2.91. The molecule has 1 aliphatic carbocycles. The third-order valence-electron chi connectivity index (χ3n) is 3.73. The zero-order valence-corrected chi connectivity index (χ0v) is 8.16. The molecule has 1 N–H and O–H groups in total. The monoisotopic (exact) mass is 207 g/mol. The van der Waals surface area contributed by atoms with Gasteiger partial charge in [0.15, 0.2) is 0 Å². The number of halogens is 3. The molecule has 4 heteroatoms. The van der Waals surface area contributed by atoms with Gasteiger partial charge in [-0.15, -0.1) is 0 Å². The van der Waals surface area contributed by atoms with Gasteiger partial charge in [-0.2, -0.15) is 13.2 Å². The lowest BCUT2D eigenvalue weighted by atomic mass is 9.69. The van der Waals surface area contributed by atoms with Crippen LogP contribution < -0.4 is 5.32 Å². The average Bonchev–Trinajstić information content (AvgIpc) is 2.52. The molecule has 0 aromatic rings. The van der Waals surface area contributed by atoms with Crippen LogP contribution in [0.1, 0.15) is 32.1 Å². The van der Waals surface area contributed by atoms with Crippen molar-refractivity contribution in [1.29, 1.82) is 0 Å². The highest BCUT2D eigenvalue weighted by molar-refractivity contribution is 4.94. The summed E-state index contributed by atoms with van der Waals surface area (Å²) in [6, 6.07) is 0. The molecule has 1 spiro atoms. The van der Waals surface area contributed by atoms with Crippen molar-refractivity contribution in [2.75, 3.05) is 13.1 Å². The van der Waals surface area contributed by atoms with Crippen LogP contribution in [-0.2, 0) is 0 Å². The number of rotatable bonds is 0. The fourth-order valence-electron chi connectivity index (χ4n) is 2.91. The van der Waals surface area contributed by atoms with E-state index in [1.807, 2.05) is 0 Å². The average molecular weight is 207 g/mol. The minimum atomic E-state index is -3.98. The van der Waals surface area contributed by atoms with Crippen molar-refractivity contribution in [2.24, 2.45) is 11.3 Å². The Labute approximate surface area is 82.1 Å². The molecular weight excluding hydrogens is 191 g/mol. The number of hydrogen-bond acceptors (Lipinski definition) is 1. The third-order valence-corrected chi connectivity index (χ3v) is 3.73. The van der Waals surface area contributed by atoms with E-state index in [2.05, 4.69) is 5.32 Å². The third kappa shape index (κ3) is 1.90. The zero-order valence-electron chi connectivity index (χ0n) is 8.16. The van der Waals surface area contributed by atoms with E-state index in [0.717, 1.165) is 32.4 Å². The topological polar surface area (TPSA) is 12.0 Å². The highest BCUT2D eigenvalue weighted by Crippen LogP contribution is 2.48. The van der Waals surface area contributed by atoms with Crippen LogP contribution in [0.4, 0.5) is 13.2 Å². The van der Waals surface area contributed by atoms with Gasteiger partial charge in [-0.05, 0) is 37.6 Å². The summed E-state index contributed by atoms with van der Waals surface area (Å²) in [5, 5.41) is 3.19. The van der Waals surface area contributed by atoms with Crippen LogP contribution in [0.5, 0.6) is 0 Å². The van der Waals surface area contributed by atoms with Crippen LogP contribution in [0.2, 0.25) is 0 Å². The van der Waals surface area contributed by atoms with Crippen LogP contribution in [0, 0.1) is 11.3 Å². The summed E-state index contributed by atoms with van der Waals surface area (Å²) >= 11 is 0. The van der Waals surface area contributed by atoms with Crippen molar-refractivity contribution in [1.82, 2.24) is 5.32 Å². The Bertz CT molecular complexity index is 206. The second-order valence-corrected chi connectivity index (χ2v) is 4.76. The van der Waals surface area contributed by atoms with Gasteiger partial charge in [0.05, 0.1) is 5.92 Å². The van der Waals surface area contributed by atoms with E-state index in [9.17, 15) is 13.2 Å². The molecule has 1 heterocycles. The molecule has 0 aromatic heterocycles. The van der Waals surface area contributed by atoms with Crippen molar-refractivity contribution < 1.29 is 13.2 Å². The Balaban J connectivity index is 2.03. The highest BCUT2D eigenvalue weighted by Gasteiger charge is 2.48. The summed E-state index contributed by atoms with van der Waals surface area (Å²) in [6.45, 7) is 1.68. The van der Waals surface area contributed by atoms with E-state index in [1.54, 1.807) is 0 Å². The van der Waals surface area contributed by atoms with Crippen molar-refractivity contribution in [3.63, 3.8) is 0 Å². The smallest absolute Gasteiger partial charge is 0.316 e.